The lowest BCUT2D eigenvalue weighted by Gasteiger charge is -2.29. The second kappa shape index (κ2) is 8.63. The van der Waals surface area contributed by atoms with Crippen LogP contribution in [0.2, 0.25) is 0 Å². The van der Waals surface area contributed by atoms with Gasteiger partial charge in [0.15, 0.2) is 0 Å². The van der Waals surface area contributed by atoms with E-state index in [-0.39, 0.29) is 10.9 Å². The number of sulfonamides is 1. The minimum absolute atomic E-state index is 0.158. The van der Waals surface area contributed by atoms with Crippen LogP contribution in [0.1, 0.15) is 20.3 Å². The van der Waals surface area contributed by atoms with E-state index in [1.807, 2.05) is 13.8 Å². The van der Waals surface area contributed by atoms with E-state index in [2.05, 4.69) is 9.62 Å². The molecule has 1 fully saturated rings. The number of ether oxygens (including phenoxy) is 2. The molecule has 0 unspecified atom stereocenters. The van der Waals surface area contributed by atoms with E-state index >= 15 is 0 Å². The number of nitrogens with zero attached hydrogens (tertiary/aromatic N) is 1. The molecule has 7 heteroatoms. The van der Waals surface area contributed by atoms with Crippen molar-refractivity contribution in [3.8, 4) is 5.75 Å². The van der Waals surface area contributed by atoms with Crippen molar-refractivity contribution in [2.24, 2.45) is 0 Å². The van der Waals surface area contributed by atoms with Crippen molar-refractivity contribution in [3.05, 3.63) is 24.3 Å². The predicted molar refractivity (Wildman–Crippen MR) is 89.3 cm³/mol. The van der Waals surface area contributed by atoms with Crippen LogP contribution in [0.3, 0.4) is 0 Å². The molecule has 2 rings (SSSR count). The first-order chi connectivity index (χ1) is 11.0. The molecule has 0 saturated carbocycles. The highest BCUT2D eigenvalue weighted by molar-refractivity contribution is 7.89. The van der Waals surface area contributed by atoms with Crippen molar-refractivity contribution >= 4 is 10.0 Å². The summed E-state index contributed by atoms with van der Waals surface area (Å²) in [5.74, 6) is 0.687. The van der Waals surface area contributed by atoms with Crippen LogP contribution in [0, 0.1) is 0 Å². The number of rotatable bonds is 8. The van der Waals surface area contributed by atoms with E-state index in [0.29, 0.717) is 32.1 Å². The third-order valence-corrected chi connectivity index (χ3v) is 5.20. The molecule has 1 aliphatic rings. The topological polar surface area (TPSA) is 67.9 Å². The zero-order chi connectivity index (χ0) is 16.7. The first-order valence-corrected chi connectivity index (χ1v) is 9.55. The Morgan fingerprint density at radius 1 is 1.26 bits per heavy atom. The fourth-order valence-electron chi connectivity index (χ4n) is 2.48. The molecule has 0 aliphatic carbocycles. The van der Waals surface area contributed by atoms with Crippen LogP contribution in [-0.4, -0.2) is 58.8 Å². The number of benzene rings is 1. The predicted octanol–water partition coefficient (Wildman–Crippen LogP) is 1.47. The number of hydrogen-bond acceptors (Lipinski definition) is 5. The number of morpholine rings is 1. The van der Waals surface area contributed by atoms with Gasteiger partial charge in [0.1, 0.15) is 5.75 Å². The summed E-state index contributed by atoms with van der Waals surface area (Å²) in [4.78, 5) is 2.47. The van der Waals surface area contributed by atoms with Crippen molar-refractivity contribution in [3.63, 3.8) is 0 Å². The Morgan fingerprint density at radius 3 is 2.52 bits per heavy atom. The third kappa shape index (κ3) is 5.76. The SMILES string of the molecule is CCCOc1ccc(S(=O)(=O)N[C@H](C)CN2CCOCC2)cc1. The molecule has 0 radical (unpaired) electrons. The molecule has 0 aromatic heterocycles. The van der Waals surface area contributed by atoms with Gasteiger partial charge in [0, 0.05) is 25.7 Å². The first-order valence-electron chi connectivity index (χ1n) is 8.06. The Hall–Kier alpha value is -1.15. The highest BCUT2D eigenvalue weighted by Gasteiger charge is 2.20. The van der Waals surface area contributed by atoms with Crippen molar-refractivity contribution in [2.45, 2.75) is 31.2 Å². The molecule has 6 nitrogen and oxygen atoms in total. The van der Waals surface area contributed by atoms with Gasteiger partial charge in [0.25, 0.3) is 0 Å². The molecule has 0 bridgehead atoms. The van der Waals surface area contributed by atoms with Crippen LogP contribution < -0.4 is 9.46 Å². The van der Waals surface area contributed by atoms with E-state index < -0.39 is 10.0 Å². The summed E-state index contributed by atoms with van der Waals surface area (Å²) >= 11 is 0. The van der Waals surface area contributed by atoms with Gasteiger partial charge in [0.05, 0.1) is 24.7 Å². The summed E-state index contributed by atoms with van der Waals surface area (Å²) in [6.07, 6.45) is 0.917. The maximum atomic E-state index is 12.4. The highest BCUT2D eigenvalue weighted by atomic mass is 32.2. The molecular weight excluding hydrogens is 316 g/mol. The lowest BCUT2D eigenvalue weighted by molar-refractivity contribution is 0.0354. The molecule has 1 saturated heterocycles. The Balaban J connectivity index is 1.91. The quantitative estimate of drug-likeness (QED) is 0.775. The first kappa shape index (κ1) is 18.2. The van der Waals surface area contributed by atoms with Gasteiger partial charge in [0.2, 0.25) is 10.0 Å². The Kier molecular flexibility index (Phi) is 6.83. The third-order valence-electron chi connectivity index (χ3n) is 3.60. The van der Waals surface area contributed by atoms with E-state index in [4.69, 9.17) is 9.47 Å². The largest absolute Gasteiger partial charge is 0.494 e. The summed E-state index contributed by atoms with van der Waals surface area (Å²) in [6, 6.07) is 6.38. The Bertz CT molecular complexity index is 568. The minimum atomic E-state index is -3.51. The molecule has 130 valence electrons. The van der Waals surface area contributed by atoms with Crippen LogP contribution in [-0.2, 0) is 14.8 Å². The van der Waals surface area contributed by atoms with E-state index in [0.717, 1.165) is 19.5 Å². The maximum absolute atomic E-state index is 12.4. The van der Waals surface area contributed by atoms with Crippen LogP contribution in [0.4, 0.5) is 0 Å². The molecule has 1 atom stereocenters. The summed E-state index contributed by atoms with van der Waals surface area (Å²) < 4.78 is 38.3. The second-order valence-corrected chi connectivity index (χ2v) is 7.47. The smallest absolute Gasteiger partial charge is 0.240 e. The average molecular weight is 342 g/mol. The number of nitrogens with one attached hydrogen (secondary N) is 1. The lowest BCUT2D eigenvalue weighted by Crippen LogP contribution is -2.45. The fourth-order valence-corrected chi connectivity index (χ4v) is 3.71. The molecular formula is C16H26N2O4S. The highest BCUT2D eigenvalue weighted by Crippen LogP contribution is 2.16. The van der Waals surface area contributed by atoms with Crippen LogP contribution in [0.5, 0.6) is 5.75 Å². The average Bonchev–Trinajstić information content (AvgIpc) is 2.53. The van der Waals surface area contributed by atoms with Gasteiger partial charge in [-0.1, -0.05) is 6.92 Å². The summed E-state index contributed by atoms with van der Waals surface area (Å²) in [5.41, 5.74) is 0. The van der Waals surface area contributed by atoms with Gasteiger partial charge in [-0.05, 0) is 37.6 Å². The van der Waals surface area contributed by atoms with Gasteiger partial charge in [-0.2, -0.15) is 0 Å². The van der Waals surface area contributed by atoms with Crippen molar-refractivity contribution in [1.82, 2.24) is 9.62 Å². The summed E-state index contributed by atoms with van der Waals surface area (Å²) in [7, 11) is -3.51. The van der Waals surface area contributed by atoms with Crippen molar-refractivity contribution in [2.75, 3.05) is 39.5 Å². The molecule has 1 heterocycles. The van der Waals surface area contributed by atoms with E-state index in [1.165, 1.54) is 0 Å². The Labute approximate surface area is 138 Å². The number of hydrogen-bond donors (Lipinski definition) is 1. The van der Waals surface area contributed by atoms with E-state index in [9.17, 15) is 8.42 Å². The summed E-state index contributed by atoms with van der Waals surface area (Å²) in [6.45, 7) is 8.31. The van der Waals surface area contributed by atoms with E-state index in [1.54, 1.807) is 24.3 Å². The zero-order valence-electron chi connectivity index (χ0n) is 13.8. The Morgan fingerprint density at radius 2 is 1.91 bits per heavy atom. The monoisotopic (exact) mass is 342 g/mol. The van der Waals surface area contributed by atoms with Gasteiger partial charge in [-0.15, -0.1) is 0 Å². The normalized spacial score (nSPS) is 17.8. The van der Waals surface area contributed by atoms with Gasteiger partial charge < -0.3 is 9.47 Å². The zero-order valence-corrected chi connectivity index (χ0v) is 14.6. The second-order valence-electron chi connectivity index (χ2n) is 5.76. The summed E-state index contributed by atoms with van der Waals surface area (Å²) in [5, 5.41) is 0. The van der Waals surface area contributed by atoms with Gasteiger partial charge in [-0.3, -0.25) is 4.90 Å². The van der Waals surface area contributed by atoms with Crippen molar-refractivity contribution < 1.29 is 17.9 Å². The van der Waals surface area contributed by atoms with Crippen LogP contribution in [0.25, 0.3) is 0 Å². The van der Waals surface area contributed by atoms with Crippen LogP contribution >= 0.6 is 0 Å². The van der Waals surface area contributed by atoms with Crippen molar-refractivity contribution in [1.29, 1.82) is 0 Å². The minimum Gasteiger partial charge on any atom is -0.494 e. The maximum Gasteiger partial charge on any atom is 0.240 e. The fraction of sp³-hybridized carbons (Fsp3) is 0.625. The molecule has 0 spiro atoms. The molecule has 1 aromatic rings. The molecule has 23 heavy (non-hydrogen) atoms. The lowest BCUT2D eigenvalue weighted by atomic mass is 10.3. The van der Waals surface area contributed by atoms with Gasteiger partial charge >= 0.3 is 0 Å². The molecule has 1 aliphatic heterocycles. The molecule has 1 aromatic carbocycles. The van der Waals surface area contributed by atoms with Gasteiger partial charge in [-0.25, -0.2) is 13.1 Å². The van der Waals surface area contributed by atoms with Crippen LogP contribution in [0.15, 0.2) is 29.2 Å². The standard InChI is InChI=1S/C16H26N2O4S/c1-3-10-22-15-4-6-16(7-5-15)23(19,20)17-14(2)13-18-8-11-21-12-9-18/h4-7,14,17H,3,8-13H2,1-2H3/t14-/m1/s1. The molecule has 1 N–H and O–H groups in total. The molecule has 0 amide bonds.